The van der Waals surface area contributed by atoms with Crippen molar-refractivity contribution in [3.63, 3.8) is 0 Å². The van der Waals surface area contributed by atoms with Gasteiger partial charge in [-0.05, 0) is 37.1 Å². The Morgan fingerprint density at radius 1 is 1.24 bits per heavy atom. The lowest BCUT2D eigenvalue weighted by Crippen LogP contribution is -2.14. The van der Waals surface area contributed by atoms with Gasteiger partial charge in [-0.2, -0.15) is 15.0 Å². The normalized spacial score (nSPS) is 10.3. The van der Waals surface area contributed by atoms with Crippen molar-refractivity contribution in [1.29, 1.82) is 0 Å². The van der Waals surface area contributed by atoms with Crippen LogP contribution in [0.2, 0.25) is 0 Å². The summed E-state index contributed by atoms with van der Waals surface area (Å²) in [6.45, 7) is 4.25. The zero-order chi connectivity index (χ0) is 15.2. The molecule has 2 aromatic rings. The molecule has 0 saturated carbocycles. The van der Waals surface area contributed by atoms with Gasteiger partial charge in [-0.3, -0.25) is 5.43 Å². The van der Waals surface area contributed by atoms with E-state index in [1.54, 1.807) is 13.0 Å². The fraction of sp³-hybridized carbons (Fsp3) is 0.308. The number of nitrogens with two attached hydrogens (primary N) is 1. The lowest BCUT2D eigenvalue weighted by Gasteiger charge is -2.10. The molecule has 0 fully saturated rings. The van der Waals surface area contributed by atoms with Crippen molar-refractivity contribution in [3.05, 3.63) is 29.6 Å². The van der Waals surface area contributed by atoms with E-state index in [9.17, 15) is 4.39 Å². The maximum atomic E-state index is 13.1. The molecule has 0 saturated heterocycles. The first-order valence-electron chi connectivity index (χ1n) is 6.51. The first kappa shape index (κ1) is 14.9. The summed E-state index contributed by atoms with van der Waals surface area (Å²) in [5.41, 5.74) is 3.77. The summed E-state index contributed by atoms with van der Waals surface area (Å²) in [7, 11) is 0. The third-order valence-electron chi connectivity index (χ3n) is 2.61. The van der Waals surface area contributed by atoms with Gasteiger partial charge >= 0.3 is 6.01 Å². The minimum atomic E-state index is -0.301. The Labute approximate surface area is 121 Å². The predicted octanol–water partition coefficient (Wildman–Crippen LogP) is 2.14. The monoisotopic (exact) mass is 292 g/mol. The molecule has 2 rings (SSSR count). The van der Waals surface area contributed by atoms with E-state index in [2.05, 4.69) is 25.7 Å². The number of nitrogens with zero attached hydrogens (tertiary/aromatic N) is 3. The maximum absolute atomic E-state index is 13.1. The Bertz CT molecular complexity index is 622. The fourth-order valence-electron chi connectivity index (χ4n) is 1.62. The molecule has 0 atom stereocenters. The number of nitrogen functional groups attached to an aromatic ring is 1. The number of aryl methyl sites for hydroxylation is 1. The molecule has 0 bridgehead atoms. The molecule has 0 aliphatic heterocycles. The van der Waals surface area contributed by atoms with Crippen molar-refractivity contribution in [1.82, 2.24) is 15.0 Å². The fourth-order valence-corrected chi connectivity index (χ4v) is 1.62. The topological polar surface area (TPSA) is 98.0 Å². The van der Waals surface area contributed by atoms with E-state index >= 15 is 0 Å². The van der Waals surface area contributed by atoms with Crippen LogP contribution in [0.25, 0.3) is 0 Å². The van der Waals surface area contributed by atoms with Gasteiger partial charge in [0.1, 0.15) is 5.82 Å². The summed E-state index contributed by atoms with van der Waals surface area (Å²) >= 11 is 0. The smallest absolute Gasteiger partial charge is 0.323 e. The quantitative estimate of drug-likeness (QED) is 0.554. The molecule has 1 aromatic heterocycles. The van der Waals surface area contributed by atoms with Gasteiger partial charge in [0.15, 0.2) is 0 Å². The van der Waals surface area contributed by atoms with E-state index in [0.29, 0.717) is 12.3 Å². The van der Waals surface area contributed by atoms with Crippen LogP contribution >= 0.6 is 0 Å². The highest BCUT2D eigenvalue weighted by Gasteiger charge is 2.08. The Morgan fingerprint density at radius 2 is 2.00 bits per heavy atom. The highest BCUT2D eigenvalue weighted by molar-refractivity contribution is 5.58. The second-order valence-corrected chi connectivity index (χ2v) is 4.34. The van der Waals surface area contributed by atoms with Crippen LogP contribution < -0.4 is 21.3 Å². The van der Waals surface area contributed by atoms with Gasteiger partial charge in [0.2, 0.25) is 11.9 Å². The standard InChI is InChI=1S/C13H17FN6O/c1-3-6-21-13-18-11(17-12(19-13)20-15)16-10-5-4-9(14)7-8(10)2/h4-5,7H,3,6,15H2,1-2H3,(H2,16,17,18,19,20). The molecule has 0 radical (unpaired) electrons. The van der Waals surface area contributed by atoms with Gasteiger partial charge in [0, 0.05) is 5.69 Å². The number of hydrogen-bond acceptors (Lipinski definition) is 7. The van der Waals surface area contributed by atoms with Crippen molar-refractivity contribution in [2.75, 3.05) is 17.3 Å². The van der Waals surface area contributed by atoms with Gasteiger partial charge in [0.05, 0.1) is 6.61 Å². The average molecular weight is 292 g/mol. The first-order chi connectivity index (χ1) is 10.1. The lowest BCUT2D eigenvalue weighted by molar-refractivity contribution is 0.292. The van der Waals surface area contributed by atoms with Crippen LogP contribution in [0.3, 0.4) is 0 Å². The van der Waals surface area contributed by atoms with Crippen molar-refractivity contribution < 1.29 is 9.13 Å². The average Bonchev–Trinajstić information content (AvgIpc) is 2.48. The summed E-state index contributed by atoms with van der Waals surface area (Å²) in [5, 5.41) is 2.99. The van der Waals surface area contributed by atoms with E-state index in [-0.39, 0.29) is 23.7 Å². The number of hydrogen-bond donors (Lipinski definition) is 3. The molecule has 0 unspecified atom stereocenters. The summed E-state index contributed by atoms with van der Waals surface area (Å²) in [5.74, 6) is 5.46. The predicted molar refractivity (Wildman–Crippen MR) is 77.8 cm³/mol. The molecule has 1 heterocycles. The van der Waals surface area contributed by atoms with Crippen LogP contribution in [0.5, 0.6) is 6.01 Å². The van der Waals surface area contributed by atoms with Gasteiger partial charge in [-0.25, -0.2) is 10.2 Å². The molecular formula is C13H17FN6O. The molecule has 1 aromatic carbocycles. The Kier molecular flexibility index (Phi) is 4.83. The third kappa shape index (κ3) is 3.99. The molecule has 21 heavy (non-hydrogen) atoms. The van der Waals surface area contributed by atoms with Crippen LogP contribution in [0.4, 0.5) is 22.0 Å². The van der Waals surface area contributed by atoms with Gasteiger partial charge in [-0.15, -0.1) is 0 Å². The van der Waals surface area contributed by atoms with E-state index in [1.807, 2.05) is 6.92 Å². The minimum Gasteiger partial charge on any atom is -0.463 e. The number of anilines is 3. The van der Waals surface area contributed by atoms with Crippen LogP contribution in [-0.4, -0.2) is 21.6 Å². The summed E-state index contributed by atoms with van der Waals surface area (Å²) < 4.78 is 18.5. The van der Waals surface area contributed by atoms with Crippen LogP contribution in [-0.2, 0) is 0 Å². The van der Waals surface area contributed by atoms with E-state index < -0.39 is 0 Å². The molecule has 0 spiro atoms. The molecule has 0 amide bonds. The largest absolute Gasteiger partial charge is 0.463 e. The summed E-state index contributed by atoms with van der Waals surface area (Å²) in [6.07, 6.45) is 0.830. The number of nitrogens with one attached hydrogen (secondary N) is 2. The van der Waals surface area contributed by atoms with Crippen molar-refractivity contribution in [2.45, 2.75) is 20.3 Å². The van der Waals surface area contributed by atoms with Crippen LogP contribution in [0.15, 0.2) is 18.2 Å². The number of aromatic nitrogens is 3. The summed E-state index contributed by atoms with van der Waals surface area (Å²) in [6, 6.07) is 4.55. The molecule has 8 heteroatoms. The summed E-state index contributed by atoms with van der Waals surface area (Å²) in [4.78, 5) is 12.2. The van der Waals surface area contributed by atoms with Crippen molar-refractivity contribution in [2.24, 2.45) is 5.84 Å². The number of halogens is 1. The van der Waals surface area contributed by atoms with Gasteiger partial charge in [-0.1, -0.05) is 6.92 Å². The van der Waals surface area contributed by atoms with E-state index in [4.69, 9.17) is 10.6 Å². The lowest BCUT2D eigenvalue weighted by atomic mass is 10.2. The number of rotatable bonds is 6. The SMILES string of the molecule is CCCOc1nc(NN)nc(Nc2ccc(F)cc2C)n1. The zero-order valence-electron chi connectivity index (χ0n) is 11.9. The van der Waals surface area contributed by atoms with Gasteiger partial charge < -0.3 is 10.1 Å². The van der Waals surface area contributed by atoms with Crippen LogP contribution in [0.1, 0.15) is 18.9 Å². The molecule has 0 aliphatic rings. The number of ether oxygens (including phenoxy) is 1. The van der Waals surface area contributed by atoms with Crippen molar-refractivity contribution >= 4 is 17.6 Å². The van der Waals surface area contributed by atoms with Crippen LogP contribution in [0, 0.1) is 12.7 Å². The highest BCUT2D eigenvalue weighted by atomic mass is 19.1. The van der Waals surface area contributed by atoms with Gasteiger partial charge in [0.25, 0.3) is 0 Å². The Morgan fingerprint density at radius 3 is 2.67 bits per heavy atom. The molecule has 4 N–H and O–H groups in total. The molecule has 112 valence electrons. The Hall–Kier alpha value is -2.48. The number of benzene rings is 1. The van der Waals surface area contributed by atoms with Crippen molar-refractivity contribution in [3.8, 4) is 6.01 Å². The molecule has 7 nitrogen and oxygen atoms in total. The second-order valence-electron chi connectivity index (χ2n) is 4.34. The maximum Gasteiger partial charge on any atom is 0.323 e. The highest BCUT2D eigenvalue weighted by Crippen LogP contribution is 2.20. The Balaban J connectivity index is 2.25. The minimum absolute atomic E-state index is 0.169. The molecule has 0 aliphatic carbocycles. The number of hydrazine groups is 1. The second kappa shape index (κ2) is 6.80. The van der Waals surface area contributed by atoms with E-state index in [0.717, 1.165) is 12.0 Å². The third-order valence-corrected chi connectivity index (χ3v) is 2.61. The first-order valence-corrected chi connectivity index (χ1v) is 6.51. The zero-order valence-corrected chi connectivity index (χ0v) is 11.9. The van der Waals surface area contributed by atoms with E-state index in [1.165, 1.54) is 12.1 Å². The molecular weight excluding hydrogens is 275 g/mol.